The molecule has 0 aliphatic rings. The molecule has 0 unspecified atom stereocenters. The van der Waals surface area contributed by atoms with Crippen LogP contribution in [-0.2, 0) is 15.8 Å². The van der Waals surface area contributed by atoms with Crippen LogP contribution in [0, 0.1) is 0 Å². The third kappa shape index (κ3) is 4.77. The molecule has 0 aliphatic carbocycles. The van der Waals surface area contributed by atoms with Crippen molar-refractivity contribution < 1.29 is 27.9 Å². The number of aromatic hydroxyl groups is 1. The molecule has 3 N–H and O–H groups in total. The highest BCUT2D eigenvalue weighted by molar-refractivity contribution is 6.44. The number of alkyl halides is 3. The van der Waals surface area contributed by atoms with Gasteiger partial charge in [-0.2, -0.15) is 13.2 Å². The lowest BCUT2D eigenvalue weighted by Crippen LogP contribution is -2.29. The van der Waals surface area contributed by atoms with Crippen LogP contribution in [0.1, 0.15) is 5.56 Å². The minimum absolute atomic E-state index is 0.125. The van der Waals surface area contributed by atoms with E-state index in [9.17, 15) is 27.9 Å². The van der Waals surface area contributed by atoms with Gasteiger partial charge in [0, 0.05) is 10.7 Å². The molecule has 0 aliphatic heterocycles. The zero-order chi connectivity index (χ0) is 18.8. The van der Waals surface area contributed by atoms with Crippen LogP contribution in [0.25, 0.3) is 0 Å². The van der Waals surface area contributed by atoms with Crippen LogP contribution in [0.3, 0.4) is 0 Å². The van der Waals surface area contributed by atoms with Crippen LogP contribution >= 0.6 is 23.2 Å². The summed E-state index contributed by atoms with van der Waals surface area (Å²) in [6.07, 6.45) is -4.72. The second-order valence-electron chi connectivity index (χ2n) is 4.76. The largest absolute Gasteiger partial charge is 0.506 e. The molecule has 2 rings (SSSR count). The van der Waals surface area contributed by atoms with Crippen molar-refractivity contribution in [1.29, 1.82) is 0 Å². The van der Waals surface area contributed by atoms with E-state index in [0.717, 1.165) is 12.1 Å². The normalized spacial score (nSPS) is 11.1. The first-order valence-corrected chi connectivity index (χ1v) is 7.31. The van der Waals surface area contributed by atoms with E-state index in [-0.39, 0.29) is 22.1 Å². The Morgan fingerprint density at radius 2 is 1.60 bits per heavy atom. The number of hydrogen-bond donors (Lipinski definition) is 3. The van der Waals surface area contributed by atoms with Gasteiger partial charge in [-0.25, -0.2) is 0 Å². The number of benzene rings is 2. The molecule has 10 heteroatoms. The van der Waals surface area contributed by atoms with Crippen molar-refractivity contribution >= 4 is 46.4 Å². The summed E-state index contributed by atoms with van der Waals surface area (Å²) in [6.45, 7) is 0. The quantitative estimate of drug-likeness (QED) is 0.526. The Morgan fingerprint density at radius 3 is 2.24 bits per heavy atom. The Balaban J connectivity index is 2.14. The first kappa shape index (κ1) is 18.9. The lowest BCUT2D eigenvalue weighted by molar-refractivity contribution is -0.137. The highest BCUT2D eigenvalue weighted by Gasteiger charge is 2.33. The van der Waals surface area contributed by atoms with Gasteiger partial charge in [-0.15, -0.1) is 0 Å². The van der Waals surface area contributed by atoms with E-state index in [2.05, 4.69) is 5.32 Å². The second-order valence-corrected chi connectivity index (χ2v) is 5.61. The molecule has 0 fully saturated rings. The lowest BCUT2D eigenvalue weighted by atomic mass is 10.2. The van der Waals surface area contributed by atoms with Crippen LogP contribution in [0.2, 0.25) is 10.0 Å². The van der Waals surface area contributed by atoms with Crippen molar-refractivity contribution in [1.82, 2.24) is 0 Å². The molecular formula is C15H9Cl2F3N2O3. The Hall–Kier alpha value is -2.45. The fourth-order valence-corrected chi connectivity index (χ4v) is 2.19. The monoisotopic (exact) mass is 392 g/mol. The summed E-state index contributed by atoms with van der Waals surface area (Å²) in [4.78, 5) is 23.6. The van der Waals surface area contributed by atoms with E-state index in [1.54, 1.807) is 0 Å². The summed E-state index contributed by atoms with van der Waals surface area (Å²) in [5, 5.41) is 13.3. The van der Waals surface area contributed by atoms with Crippen molar-refractivity contribution in [2.45, 2.75) is 6.18 Å². The number of carbonyl (C=O) groups is 2. The molecule has 0 radical (unpaired) electrons. The van der Waals surface area contributed by atoms with Gasteiger partial charge in [-0.3, -0.25) is 9.59 Å². The third-order valence-corrected chi connectivity index (χ3v) is 3.51. The van der Waals surface area contributed by atoms with E-state index >= 15 is 0 Å². The van der Waals surface area contributed by atoms with Gasteiger partial charge in [0.1, 0.15) is 5.75 Å². The summed E-state index contributed by atoms with van der Waals surface area (Å²) in [7, 11) is 0. The topological polar surface area (TPSA) is 78.4 Å². The van der Waals surface area contributed by atoms with Gasteiger partial charge in [0.05, 0.1) is 16.3 Å². The van der Waals surface area contributed by atoms with Gasteiger partial charge < -0.3 is 15.7 Å². The van der Waals surface area contributed by atoms with Crippen molar-refractivity contribution in [2.24, 2.45) is 0 Å². The molecule has 132 valence electrons. The highest BCUT2D eigenvalue weighted by Crippen LogP contribution is 2.36. The van der Waals surface area contributed by atoms with Crippen molar-refractivity contribution in [2.75, 3.05) is 10.6 Å². The van der Waals surface area contributed by atoms with Gasteiger partial charge in [-0.05, 0) is 36.4 Å². The average Bonchev–Trinajstić information content (AvgIpc) is 2.51. The maximum Gasteiger partial charge on any atom is 0.417 e. The molecule has 0 spiro atoms. The zero-order valence-corrected chi connectivity index (χ0v) is 13.6. The number of halogens is 5. The van der Waals surface area contributed by atoms with Crippen LogP contribution in [0.4, 0.5) is 24.5 Å². The van der Waals surface area contributed by atoms with E-state index in [4.69, 9.17) is 23.2 Å². The molecular weight excluding hydrogens is 384 g/mol. The number of nitrogens with one attached hydrogen (secondary N) is 2. The number of carbonyl (C=O) groups excluding carboxylic acids is 2. The molecule has 0 atom stereocenters. The Kier molecular flexibility index (Phi) is 5.44. The number of phenols is 1. The molecule has 2 aromatic rings. The molecule has 2 aromatic carbocycles. The van der Waals surface area contributed by atoms with E-state index in [1.807, 2.05) is 5.32 Å². The maximum absolute atomic E-state index is 12.8. The summed E-state index contributed by atoms with van der Waals surface area (Å²) in [5.41, 5.74) is -1.55. The first-order chi connectivity index (χ1) is 11.6. The molecule has 0 aromatic heterocycles. The van der Waals surface area contributed by atoms with Crippen molar-refractivity contribution in [3.05, 3.63) is 52.0 Å². The number of phenolic OH excluding ortho intramolecular Hbond substituents is 1. The van der Waals surface area contributed by atoms with Gasteiger partial charge in [0.2, 0.25) is 0 Å². The van der Waals surface area contributed by atoms with Crippen molar-refractivity contribution in [3.8, 4) is 5.75 Å². The van der Waals surface area contributed by atoms with Crippen molar-refractivity contribution in [3.63, 3.8) is 0 Å². The standard InChI is InChI=1S/C15H9Cl2F3N2O3/c16-7-1-4-12(23)11(5-7)22-14(25)13(24)21-8-2-3-10(17)9(6-8)15(18,19)20/h1-6,23H,(H,21,24)(H,22,25). The molecule has 0 bridgehead atoms. The van der Waals surface area contributed by atoms with Crippen LogP contribution in [0.15, 0.2) is 36.4 Å². The van der Waals surface area contributed by atoms with E-state index < -0.39 is 28.6 Å². The number of anilines is 2. The summed E-state index contributed by atoms with van der Waals surface area (Å²) < 4.78 is 38.3. The fraction of sp³-hybridized carbons (Fsp3) is 0.0667. The van der Waals surface area contributed by atoms with Crippen LogP contribution in [0.5, 0.6) is 5.75 Å². The van der Waals surface area contributed by atoms with Crippen LogP contribution in [-0.4, -0.2) is 16.9 Å². The zero-order valence-electron chi connectivity index (χ0n) is 12.1. The van der Waals surface area contributed by atoms with Gasteiger partial charge >= 0.3 is 18.0 Å². The van der Waals surface area contributed by atoms with Gasteiger partial charge in [-0.1, -0.05) is 23.2 Å². The fourth-order valence-electron chi connectivity index (χ4n) is 1.80. The Bertz CT molecular complexity index is 841. The molecule has 0 heterocycles. The average molecular weight is 393 g/mol. The number of hydrogen-bond acceptors (Lipinski definition) is 3. The predicted molar refractivity (Wildman–Crippen MR) is 86.8 cm³/mol. The number of amides is 2. The minimum Gasteiger partial charge on any atom is -0.506 e. The predicted octanol–water partition coefficient (Wildman–Crippen LogP) is 4.30. The minimum atomic E-state index is -4.72. The summed E-state index contributed by atoms with van der Waals surface area (Å²) in [6, 6.07) is 6.42. The van der Waals surface area contributed by atoms with E-state index in [1.165, 1.54) is 18.2 Å². The first-order valence-electron chi connectivity index (χ1n) is 6.55. The van der Waals surface area contributed by atoms with Crippen LogP contribution < -0.4 is 10.6 Å². The SMILES string of the molecule is O=C(Nc1ccc(Cl)c(C(F)(F)F)c1)C(=O)Nc1cc(Cl)ccc1O. The third-order valence-electron chi connectivity index (χ3n) is 2.94. The number of rotatable bonds is 2. The second kappa shape index (κ2) is 7.20. The molecule has 0 saturated heterocycles. The molecule has 0 saturated carbocycles. The maximum atomic E-state index is 12.8. The molecule has 2 amide bonds. The highest BCUT2D eigenvalue weighted by atomic mass is 35.5. The summed E-state index contributed by atoms with van der Waals surface area (Å²) in [5.74, 6) is -2.78. The Labute approximate surface area is 149 Å². The molecule has 25 heavy (non-hydrogen) atoms. The molecule has 5 nitrogen and oxygen atoms in total. The summed E-state index contributed by atoms with van der Waals surface area (Å²) >= 11 is 11.2. The Morgan fingerprint density at radius 1 is 0.960 bits per heavy atom. The van der Waals surface area contributed by atoms with Gasteiger partial charge in [0.15, 0.2) is 0 Å². The van der Waals surface area contributed by atoms with Gasteiger partial charge in [0.25, 0.3) is 0 Å². The van der Waals surface area contributed by atoms with E-state index in [0.29, 0.717) is 6.07 Å². The smallest absolute Gasteiger partial charge is 0.417 e. The lowest BCUT2D eigenvalue weighted by Gasteiger charge is -2.12.